The molecular formula is C21H32N2O4. The molecule has 2 amide bonds. The Morgan fingerprint density at radius 2 is 1.52 bits per heavy atom. The molecule has 0 unspecified atom stereocenters. The van der Waals surface area contributed by atoms with Gasteiger partial charge in [0.15, 0.2) is 0 Å². The highest BCUT2D eigenvalue weighted by atomic mass is 16.5. The van der Waals surface area contributed by atoms with Crippen molar-refractivity contribution < 1.29 is 19.1 Å². The Hall–Kier alpha value is -2.08. The molecule has 0 bridgehead atoms. The van der Waals surface area contributed by atoms with Crippen molar-refractivity contribution >= 4 is 11.8 Å². The Balaban J connectivity index is 1.72. The minimum Gasteiger partial charge on any atom is -0.493 e. The van der Waals surface area contributed by atoms with Crippen molar-refractivity contribution in [2.45, 2.75) is 39.5 Å². The van der Waals surface area contributed by atoms with Gasteiger partial charge < -0.3 is 19.3 Å². The SMILES string of the molecule is COCCC(=O)N1CCCN(C(=O)CCCOc2c(C)cccc2C)CC1. The summed E-state index contributed by atoms with van der Waals surface area (Å²) in [5, 5.41) is 0. The predicted octanol–water partition coefficient (Wildman–Crippen LogP) is 2.56. The normalized spacial score (nSPS) is 14.8. The number of carbonyl (C=O) groups is 2. The van der Waals surface area contributed by atoms with E-state index in [0.717, 1.165) is 23.3 Å². The molecule has 1 aliphatic heterocycles. The van der Waals surface area contributed by atoms with Crippen molar-refractivity contribution in [2.75, 3.05) is 46.5 Å². The van der Waals surface area contributed by atoms with Crippen molar-refractivity contribution in [3.05, 3.63) is 29.3 Å². The van der Waals surface area contributed by atoms with Gasteiger partial charge in [-0.2, -0.15) is 0 Å². The van der Waals surface area contributed by atoms with Crippen LogP contribution in [0.3, 0.4) is 0 Å². The lowest BCUT2D eigenvalue weighted by molar-refractivity contribution is -0.134. The summed E-state index contributed by atoms with van der Waals surface area (Å²) in [6.07, 6.45) is 2.39. The molecule has 27 heavy (non-hydrogen) atoms. The van der Waals surface area contributed by atoms with Crippen LogP contribution in [-0.2, 0) is 14.3 Å². The third-order valence-electron chi connectivity index (χ3n) is 4.91. The zero-order valence-electron chi connectivity index (χ0n) is 16.8. The molecule has 1 aromatic rings. The number of ether oxygens (including phenoxy) is 2. The van der Waals surface area contributed by atoms with Crippen LogP contribution in [0.1, 0.15) is 36.8 Å². The molecule has 6 heteroatoms. The highest BCUT2D eigenvalue weighted by Crippen LogP contribution is 2.22. The topological polar surface area (TPSA) is 59.1 Å². The van der Waals surface area contributed by atoms with E-state index in [1.54, 1.807) is 7.11 Å². The maximum Gasteiger partial charge on any atom is 0.224 e. The minimum atomic E-state index is 0.105. The third kappa shape index (κ3) is 6.54. The van der Waals surface area contributed by atoms with Gasteiger partial charge in [0, 0.05) is 39.7 Å². The second kappa shape index (κ2) is 10.9. The van der Waals surface area contributed by atoms with Crippen LogP contribution in [0.4, 0.5) is 0 Å². The zero-order chi connectivity index (χ0) is 19.6. The number of carbonyl (C=O) groups excluding carboxylic acids is 2. The van der Waals surface area contributed by atoms with E-state index in [2.05, 4.69) is 0 Å². The van der Waals surface area contributed by atoms with Gasteiger partial charge in [-0.15, -0.1) is 0 Å². The van der Waals surface area contributed by atoms with Gasteiger partial charge in [0.2, 0.25) is 11.8 Å². The molecule has 1 saturated heterocycles. The number of nitrogens with zero attached hydrogens (tertiary/aromatic N) is 2. The third-order valence-corrected chi connectivity index (χ3v) is 4.91. The first kappa shape index (κ1) is 21.2. The first-order valence-corrected chi connectivity index (χ1v) is 9.76. The molecule has 1 aliphatic rings. The van der Waals surface area contributed by atoms with E-state index >= 15 is 0 Å². The second-order valence-electron chi connectivity index (χ2n) is 7.03. The Morgan fingerprint density at radius 3 is 2.11 bits per heavy atom. The Morgan fingerprint density at radius 1 is 0.926 bits per heavy atom. The average molecular weight is 376 g/mol. The summed E-state index contributed by atoms with van der Waals surface area (Å²) in [7, 11) is 1.60. The molecule has 1 aromatic carbocycles. The van der Waals surface area contributed by atoms with Crippen molar-refractivity contribution in [3.8, 4) is 5.75 Å². The quantitative estimate of drug-likeness (QED) is 0.654. The molecule has 150 valence electrons. The first-order chi connectivity index (χ1) is 13.0. The summed E-state index contributed by atoms with van der Waals surface area (Å²) < 4.78 is 10.9. The van der Waals surface area contributed by atoms with Crippen LogP contribution < -0.4 is 4.74 Å². The van der Waals surface area contributed by atoms with Crippen molar-refractivity contribution in [3.63, 3.8) is 0 Å². The Labute approximate surface area is 162 Å². The summed E-state index contributed by atoms with van der Waals surface area (Å²) in [6.45, 7) is 7.68. The van der Waals surface area contributed by atoms with Crippen molar-refractivity contribution in [1.82, 2.24) is 9.80 Å². The van der Waals surface area contributed by atoms with E-state index in [4.69, 9.17) is 9.47 Å². The van der Waals surface area contributed by atoms with E-state index < -0.39 is 0 Å². The number of rotatable bonds is 8. The van der Waals surface area contributed by atoms with Gasteiger partial charge in [-0.3, -0.25) is 9.59 Å². The van der Waals surface area contributed by atoms with Crippen LogP contribution in [0.2, 0.25) is 0 Å². The standard InChI is InChI=1S/C21H32N2O4/c1-17-7-4-8-18(2)21(17)27-15-5-9-19(24)22-11-6-12-23(14-13-22)20(25)10-16-26-3/h4,7-8H,5-6,9-16H2,1-3H3. The molecule has 1 heterocycles. The summed E-state index contributed by atoms with van der Waals surface area (Å²) in [5.74, 6) is 1.17. The highest BCUT2D eigenvalue weighted by molar-refractivity contribution is 5.77. The Kier molecular flexibility index (Phi) is 8.58. The lowest BCUT2D eigenvalue weighted by atomic mass is 10.1. The lowest BCUT2D eigenvalue weighted by Crippen LogP contribution is -2.37. The molecular weight excluding hydrogens is 344 g/mol. The van der Waals surface area contributed by atoms with Crippen molar-refractivity contribution in [2.24, 2.45) is 0 Å². The number of aryl methyl sites for hydroxylation is 2. The van der Waals surface area contributed by atoms with Gasteiger partial charge >= 0.3 is 0 Å². The van der Waals surface area contributed by atoms with Crippen LogP contribution in [0.5, 0.6) is 5.75 Å². The van der Waals surface area contributed by atoms with Crippen LogP contribution in [0, 0.1) is 13.8 Å². The minimum absolute atomic E-state index is 0.105. The van der Waals surface area contributed by atoms with E-state index in [-0.39, 0.29) is 11.8 Å². The monoisotopic (exact) mass is 376 g/mol. The average Bonchev–Trinajstić information content (AvgIpc) is 2.91. The number of methoxy groups -OCH3 is 1. The zero-order valence-corrected chi connectivity index (χ0v) is 16.8. The van der Waals surface area contributed by atoms with E-state index in [1.165, 1.54) is 0 Å². The summed E-state index contributed by atoms with van der Waals surface area (Å²) >= 11 is 0. The molecule has 0 saturated carbocycles. The lowest BCUT2D eigenvalue weighted by Gasteiger charge is -2.22. The molecule has 1 fully saturated rings. The molecule has 0 radical (unpaired) electrons. The summed E-state index contributed by atoms with van der Waals surface area (Å²) in [5.41, 5.74) is 2.24. The first-order valence-electron chi connectivity index (χ1n) is 9.76. The fraction of sp³-hybridized carbons (Fsp3) is 0.619. The number of amides is 2. The summed E-state index contributed by atoms with van der Waals surface area (Å²) in [6, 6.07) is 6.08. The smallest absolute Gasteiger partial charge is 0.224 e. The second-order valence-corrected chi connectivity index (χ2v) is 7.03. The number of para-hydroxylation sites is 1. The van der Waals surface area contributed by atoms with Crippen molar-refractivity contribution in [1.29, 1.82) is 0 Å². The van der Waals surface area contributed by atoms with Crippen LogP contribution >= 0.6 is 0 Å². The number of hydrogen-bond acceptors (Lipinski definition) is 4. The molecule has 0 aliphatic carbocycles. The molecule has 0 atom stereocenters. The van der Waals surface area contributed by atoms with E-state index in [9.17, 15) is 9.59 Å². The van der Waals surface area contributed by atoms with Gasteiger partial charge in [-0.05, 0) is 37.8 Å². The fourth-order valence-electron chi connectivity index (χ4n) is 3.35. The molecule has 0 aromatic heterocycles. The summed E-state index contributed by atoms with van der Waals surface area (Å²) in [4.78, 5) is 28.3. The number of benzene rings is 1. The van der Waals surface area contributed by atoms with Gasteiger partial charge in [0.1, 0.15) is 5.75 Å². The molecule has 0 spiro atoms. The predicted molar refractivity (Wildman–Crippen MR) is 105 cm³/mol. The maximum atomic E-state index is 12.5. The fourth-order valence-corrected chi connectivity index (χ4v) is 3.35. The number of hydrogen-bond donors (Lipinski definition) is 0. The maximum absolute atomic E-state index is 12.5. The van der Waals surface area contributed by atoms with Gasteiger partial charge in [0.05, 0.1) is 19.6 Å². The van der Waals surface area contributed by atoms with E-state index in [1.807, 2.05) is 41.8 Å². The largest absolute Gasteiger partial charge is 0.493 e. The van der Waals surface area contributed by atoms with Crippen LogP contribution in [0.25, 0.3) is 0 Å². The van der Waals surface area contributed by atoms with Gasteiger partial charge in [-0.1, -0.05) is 18.2 Å². The molecule has 2 rings (SSSR count). The molecule has 0 N–H and O–H groups in total. The Bertz CT molecular complexity index is 612. The molecule has 6 nitrogen and oxygen atoms in total. The van der Waals surface area contributed by atoms with Gasteiger partial charge in [-0.25, -0.2) is 0 Å². The highest BCUT2D eigenvalue weighted by Gasteiger charge is 2.21. The van der Waals surface area contributed by atoms with Gasteiger partial charge in [0.25, 0.3) is 0 Å². The van der Waals surface area contributed by atoms with Crippen LogP contribution in [0.15, 0.2) is 18.2 Å². The van der Waals surface area contributed by atoms with E-state index in [0.29, 0.717) is 58.7 Å². The van der Waals surface area contributed by atoms with Crippen LogP contribution in [-0.4, -0.2) is 68.1 Å².